The number of aryl methyl sites for hydroxylation is 1. The molecule has 2 rings (SSSR count). The summed E-state index contributed by atoms with van der Waals surface area (Å²) in [7, 11) is 0. The van der Waals surface area contributed by atoms with Crippen molar-refractivity contribution in [1.82, 2.24) is 4.98 Å². The first kappa shape index (κ1) is 8.19. The van der Waals surface area contributed by atoms with E-state index in [2.05, 4.69) is 4.98 Å². The average molecular weight is 179 g/mol. The molecule has 68 valence electrons. The molecule has 0 bridgehead atoms. The van der Waals surface area contributed by atoms with Gasteiger partial charge in [0.25, 0.3) is 0 Å². The maximum absolute atomic E-state index is 10.8. The van der Waals surface area contributed by atoms with Crippen molar-refractivity contribution in [2.24, 2.45) is 0 Å². The normalized spacial score (nSPS) is 25.6. The fraction of sp³-hybridized carbons (Fsp3) is 0.333. The number of rotatable bonds is 1. The number of pyridine rings is 1. The maximum Gasteiger partial charge on any atom is 0.340 e. The van der Waals surface area contributed by atoms with Crippen LogP contribution in [0.15, 0.2) is 18.5 Å². The minimum absolute atomic E-state index is 0.239. The van der Waals surface area contributed by atoms with Gasteiger partial charge in [0.1, 0.15) is 0 Å². The van der Waals surface area contributed by atoms with Crippen LogP contribution in [0, 0.1) is 0 Å². The van der Waals surface area contributed by atoms with Crippen molar-refractivity contribution in [3.8, 4) is 0 Å². The highest BCUT2D eigenvalue weighted by molar-refractivity contribution is 5.80. The summed E-state index contributed by atoms with van der Waals surface area (Å²) in [6.45, 7) is 0. The Balaban J connectivity index is 2.55. The molecule has 1 unspecified atom stereocenters. The summed E-state index contributed by atoms with van der Waals surface area (Å²) in [5.41, 5.74) is -0.411. The van der Waals surface area contributed by atoms with Gasteiger partial charge in [-0.3, -0.25) is 4.98 Å². The molecule has 0 spiro atoms. The van der Waals surface area contributed by atoms with E-state index in [1.807, 2.05) is 0 Å². The minimum atomic E-state index is -1.72. The van der Waals surface area contributed by atoms with Crippen LogP contribution in [0.4, 0.5) is 0 Å². The van der Waals surface area contributed by atoms with Crippen molar-refractivity contribution in [2.75, 3.05) is 0 Å². The molecule has 0 saturated heterocycles. The van der Waals surface area contributed by atoms with Gasteiger partial charge in [-0.05, 0) is 24.5 Å². The van der Waals surface area contributed by atoms with E-state index in [4.69, 9.17) is 5.11 Å². The van der Waals surface area contributed by atoms with E-state index < -0.39 is 11.6 Å². The number of aromatic nitrogens is 1. The zero-order valence-electron chi connectivity index (χ0n) is 6.90. The molecule has 1 heterocycles. The van der Waals surface area contributed by atoms with E-state index in [0.29, 0.717) is 12.0 Å². The lowest BCUT2D eigenvalue weighted by atomic mass is 9.98. The smallest absolute Gasteiger partial charge is 0.340 e. The maximum atomic E-state index is 10.8. The lowest BCUT2D eigenvalue weighted by Crippen LogP contribution is -2.32. The molecular formula is C9H9NO3. The molecule has 0 fully saturated rings. The third-order valence-electron chi connectivity index (χ3n) is 2.47. The largest absolute Gasteiger partial charge is 0.479 e. The van der Waals surface area contributed by atoms with E-state index in [9.17, 15) is 9.90 Å². The first-order chi connectivity index (χ1) is 6.14. The van der Waals surface area contributed by atoms with Gasteiger partial charge in [0.15, 0.2) is 5.60 Å². The molecule has 4 nitrogen and oxygen atoms in total. The molecule has 4 heteroatoms. The van der Waals surface area contributed by atoms with Crippen LogP contribution >= 0.6 is 0 Å². The summed E-state index contributed by atoms with van der Waals surface area (Å²) in [6.07, 6.45) is 3.87. The molecule has 1 aliphatic carbocycles. The summed E-state index contributed by atoms with van der Waals surface area (Å²) in [5.74, 6) is -1.20. The van der Waals surface area contributed by atoms with Gasteiger partial charge >= 0.3 is 5.97 Å². The average Bonchev–Trinajstić information content (AvgIpc) is 2.47. The van der Waals surface area contributed by atoms with Crippen LogP contribution in [0.5, 0.6) is 0 Å². The molecule has 0 amide bonds. The van der Waals surface area contributed by atoms with Crippen LogP contribution in [-0.2, 0) is 16.8 Å². The van der Waals surface area contributed by atoms with Crippen molar-refractivity contribution >= 4 is 5.97 Å². The monoisotopic (exact) mass is 179 g/mol. The van der Waals surface area contributed by atoms with Crippen molar-refractivity contribution in [3.05, 3.63) is 29.6 Å². The summed E-state index contributed by atoms with van der Waals surface area (Å²) >= 11 is 0. The van der Waals surface area contributed by atoms with Crippen LogP contribution < -0.4 is 0 Å². The topological polar surface area (TPSA) is 70.4 Å². The predicted molar refractivity (Wildman–Crippen MR) is 44.1 cm³/mol. The lowest BCUT2D eigenvalue weighted by molar-refractivity contribution is -0.159. The summed E-state index contributed by atoms with van der Waals surface area (Å²) in [6, 6.07) is 1.75. The van der Waals surface area contributed by atoms with Gasteiger partial charge < -0.3 is 10.2 Å². The van der Waals surface area contributed by atoms with E-state index in [0.717, 1.165) is 5.56 Å². The van der Waals surface area contributed by atoms with Crippen molar-refractivity contribution in [2.45, 2.75) is 18.4 Å². The number of fused-ring (bicyclic) bond motifs is 1. The Hall–Kier alpha value is -1.42. The third kappa shape index (κ3) is 1.02. The highest BCUT2D eigenvalue weighted by Gasteiger charge is 2.43. The van der Waals surface area contributed by atoms with Crippen LogP contribution in [-0.4, -0.2) is 21.2 Å². The standard InChI is InChI=1S/C9H9NO3/c11-8(12)9(13)3-1-6-2-4-10-5-7(6)9/h2,4-5,13H,1,3H2,(H,11,12). The molecular weight excluding hydrogens is 170 g/mol. The van der Waals surface area contributed by atoms with Crippen molar-refractivity contribution in [1.29, 1.82) is 0 Å². The number of carboxylic acid groups (broad SMARTS) is 1. The van der Waals surface area contributed by atoms with Crippen LogP contribution in [0.3, 0.4) is 0 Å². The molecule has 1 aromatic rings. The van der Waals surface area contributed by atoms with Gasteiger partial charge in [0, 0.05) is 18.0 Å². The van der Waals surface area contributed by atoms with Gasteiger partial charge in [0.05, 0.1) is 0 Å². The fourth-order valence-corrected chi connectivity index (χ4v) is 1.69. The first-order valence-corrected chi connectivity index (χ1v) is 4.04. The number of hydrogen-bond acceptors (Lipinski definition) is 3. The van der Waals surface area contributed by atoms with Crippen LogP contribution in [0.2, 0.25) is 0 Å². The summed E-state index contributed by atoms with van der Waals surface area (Å²) in [5, 5.41) is 18.6. The van der Waals surface area contributed by atoms with E-state index in [1.165, 1.54) is 6.20 Å². The molecule has 13 heavy (non-hydrogen) atoms. The Morgan fingerprint density at radius 2 is 2.38 bits per heavy atom. The summed E-state index contributed by atoms with van der Waals surface area (Å²) < 4.78 is 0. The van der Waals surface area contributed by atoms with E-state index in [1.54, 1.807) is 12.3 Å². The SMILES string of the molecule is O=C(O)C1(O)CCc2ccncc21. The molecule has 1 aliphatic rings. The number of carboxylic acids is 1. The van der Waals surface area contributed by atoms with E-state index >= 15 is 0 Å². The van der Waals surface area contributed by atoms with Crippen LogP contribution in [0.25, 0.3) is 0 Å². The van der Waals surface area contributed by atoms with Crippen LogP contribution in [0.1, 0.15) is 17.5 Å². The minimum Gasteiger partial charge on any atom is -0.479 e. The third-order valence-corrected chi connectivity index (χ3v) is 2.47. The summed E-state index contributed by atoms with van der Waals surface area (Å²) in [4.78, 5) is 14.6. The molecule has 0 saturated carbocycles. The van der Waals surface area contributed by atoms with Gasteiger partial charge in [-0.1, -0.05) is 0 Å². The van der Waals surface area contributed by atoms with Gasteiger partial charge in [0.2, 0.25) is 0 Å². The number of hydrogen-bond donors (Lipinski definition) is 2. The first-order valence-electron chi connectivity index (χ1n) is 4.04. The zero-order chi connectivity index (χ0) is 9.47. The van der Waals surface area contributed by atoms with Crippen molar-refractivity contribution in [3.63, 3.8) is 0 Å². The zero-order valence-corrected chi connectivity index (χ0v) is 6.90. The molecule has 0 aliphatic heterocycles. The molecule has 0 aromatic carbocycles. The lowest BCUT2D eigenvalue weighted by Gasteiger charge is -2.17. The highest BCUT2D eigenvalue weighted by atomic mass is 16.4. The highest BCUT2D eigenvalue weighted by Crippen LogP contribution is 2.36. The number of carbonyl (C=O) groups is 1. The Kier molecular flexibility index (Phi) is 1.60. The fourth-order valence-electron chi connectivity index (χ4n) is 1.69. The van der Waals surface area contributed by atoms with Gasteiger partial charge in [-0.2, -0.15) is 0 Å². The van der Waals surface area contributed by atoms with Gasteiger partial charge in [-0.15, -0.1) is 0 Å². The van der Waals surface area contributed by atoms with E-state index in [-0.39, 0.29) is 6.42 Å². The van der Waals surface area contributed by atoms with Crippen molar-refractivity contribution < 1.29 is 15.0 Å². The molecule has 0 radical (unpaired) electrons. The van der Waals surface area contributed by atoms with Gasteiger partial charge in [-0.25, -0.2) is 4.79 Å². The second-order valence-electron chi connectivity index (χ2n) is 3.20. The molecule has 1 aromatic heterocycles. The number of aliphatic carboxylic acids is 1. The molecule has 1 atom stereocenters. The second kappa shape index (κ2) is 2.53. The Morgan fingerprint density at radius 1 is 1.62 bits per heavy atom. The Bertz CT molecular complexity index is 364. The number of nitrogens with zero attached hydrogens (tertiary/aromatic N) is 1. The quantitative estimate of drug-likeness (QED) is 0.650. The Morgan fingerprint density at radius 3 is 3.08 bits per heavy atom. The number of aliphatic hydroxyl groups is 1. The predicted octanol–water partition coefficient (Wildman–Crippen LogP) is 0.300. The Labute approximate surface area is 74.9 Å². The molecule has 2 N–H and O–H groups in total. The second-order valence-corrected chi connectivity index (χ2v) is 3.20.